The second kappa shape index (κ2) is 7.01. The molecule has 2 N–H and O–H groups in total. The molecule has 0 unspecified atom stereocenters. The Bertz CT molecular complexity index is 1130. The highest BCUT2D eigenvalue weighted by molar-refractivity contribution is 6.08. The van der Waals surface area contributed by atoms with Gasteiger partial charge in [-0.2, -0.15) is 4.98 Å². The van der Waals surface area contributed by atoms with Gasteiger partial charge in [0.25, 0.3) is 5.56 Å². The molecular formula is C21H23F2N5O3. The van der Waals surface area contributed by atoms with Crippen LogP contribution in [0, 0.1) is 11.6 Å². The Morgan fingerprint density at radius 3 is 2.65 bits per heavy atom. The number of hydrogen-bond donors (Lipinski definition) is 2. The van der Waals surface area contributed by atoms with E-state index in [1.165, 1.54) is 4.90 Å². The number of anilines is 3. The van der Waals surface area contributed by atoms with E-state index in [2.05, 4.69) is 9.97 Å². The van der Waals surface area contributed by atoms with Gasteiger partial charge in [-0.15, -0.1) is 0 Å². The van der Waals surface area contributed by atoms with Crippen molar-refractivity contribution in [2.75, 3.05) is 54.5 Å². The van der Waals surface area contributed by atoms with Crippen LogP contribution in [0.15, 0.2) is 16.9 Å². The molecule has 1 aromatic heterocycles. The van der Waals surface area contributed by atoms with Crippen LogP contribution in [0.4, 0.5) is 26.2 Å². The second-order valence-corrected chi connectivity index (χ2v) is 8.39. The summed E-state index contributed by atoms with van der Waals surface area (Å²) in [5.41, 5.74) is -0.226. The normalized spacial score (nSPS) is 19.4. The number of amides is 1. The van der Waals surface area contributed by atoms with Crippen LogP contribution in [-0.4, -0.2) is 60.8 Å². The number of benzene rings is 1. The number of carbonyl (C=O) groups is 1. The van der Waals surface area contributed by atoms with Crippen molar-refractivity contribution < 1.29 is 18.7 Å². The van der Waals surface area contributed by atoms with E-state index in [4.69, 9.17) is 0 Å². The summed E-state index contributed by atoms with van der Waals surface area (Å²) in [5.74, 6) is -0.731. The number of aliphatic hydroxyl groups excluding tert-OH is 1. The average Bonchev–Trinajstić information content (AvgIpc) is 3.21. The largest absolute Gasteiger partial charge is 0.395 e. The number of nitrogens with one attached hydrogen (secondary N) is 1. The summed E-state index contributed by atoms with van der Waals surface area (Å²) in [6, 6.07) is 1.96. The number of aliphatic hydroxyl groups is 1. The van der Waals surface area contributed by atoms with Gasteiger partial charge in [-0.3, -0.25) is 14.6 Å². The molecule has 4 heterocycles. The minimum Gasteiger partial charge on any atom is -0.395 e. The van der Waals surface area contributed by atoms with Crippen LogP contribution in [0.5, 0.6) is 0 Å². The molecule has 8 nitrogen and oxygen atoms in total. The van der Waals surface area contributed by atoms with Gasteiger partial charge in [0.1, 0.15) is 17.5 Å². The molecule has 164 valence electrons. The van der Waals surface area contributed by atoms with Gasteiger partial charge in [-0.05, 0) is 25.3 Å². The molecule has 1 spiro atoms. The number of aromatic nitrogens is 2. The zero-order valence-corrected chi connectivity index (χ0v) is 17.1. The van der Waals surface area contributed by atoms with Gasteiger partial charge in [0.2, 0.25) is 11.9 Å². The first-order valence-corrected chi connectivity index (χ1v) is 10.4. The molecule has 0 radical (unpaired) electrons. The first-order valence-electron chi connectivity index (χ1n) is 10.4. The number of likely N-dealkylation sites (N-methyl/N-ethyl adjacent to an activating group) is 1. The summed E-state index contributed by atoms with van der Waals surface area (Å²) in [5, 5.41) is 9.37. The molecule has 31 heavy (non-hydrogen) atoms. The van der Waals surface area contributed by atoms with Crippen molar-refractivity contribution in [2.45, 2.75) is 24.7 Å². The topological polar surface area (TPSA) is 92.8 Å². The quantitative estimate of drug-likeness (QED) is 0.751. The molecule has 5 rings (SSSR count). The van der Waals surface area contributed by atoms with E-state index in [-0.39, 0.29) is 35.9 Å². The highest BCUT2D eigenvalue weighted by Crippen LogP contribution is 2.49. The molecule has 0 saturated carbocycles. The Hall–Kier alpha value is -3.01. The van der Waals surface area contributed by atoms with Crippen LogP contribution in [0.3, 0.4) is 0 Å². The Balaban J connectivity index is 1.48. The zero-order valence-electron chi connectivity index (χ0n) is 17.1. The number of fused-ring (bicyclic) bond motifs is 3. The van der Waals surface area contributed by atoms with Crippen molar-refractivity contribution in [1.82, 2.24) is 9.97 Å². The van der Waals surface area contributed by atoms with Crippen molar-refractivity contribution in [3.8, 4) is 0 Å². The Labute approximate surface area is 177 Å². The Morgan fingerprint density at radius 2 is 1.94 bits per heavy atom. The van der Waals surface area contributed by atoms with Crippen LogP contribution in [-0.2, 0) is 16.6 Å². The van der Waals surface area contributed by atoms with Gasteiger partial charge in [0.15, 0.2) is 0 Å². The van der Waals surface area contributed by atoms with E-state index < -0.39 is 17.0 Å². The molecule has 10 heteroatoms. The molecular weight excluding hydrogens is 408 g/mol. The zero-order chi connectivity index (χ0) is 21.9. The fraction of sp³-hybridized carbons (Fsp3) is 0.476. The summed E-state index contributed by atoms with van der Waals surface area (Å²) in [4.78, 5) is 38.3. The molecule has 1 saturated heterocycles. The maximum Gasteiger partial charge on any atom is 0.257 e. The fourth-order valence-corrected chi connectivity index (χ4v) is 5.16. The molecule has 0 aliphatic carbocycles. The lowest BCUT2D eigenvalue weighted by Gasteiger charge is -2.38. The van der Waals surface area contributed by atoms with E-state index in [1.54, 1.807) is 0 Å². The lowest BCUT2D eigenvalue weighted by molar-refractivity contribution is -0.124. The minimum absolute atomic E-state index is 0.0216. The number of β-amino-alcohol motifs (C(OH)–C–C–N with tert-alkyl or cyclic N) is 1. The van der Waals surface area contributed by atoms with Crippen LogP contribution in [0.1, 0.15) is 24.0 Å². The highest BCUT2D eigenvalue weighted by Gasteiger charge is 2.54. The van der Waals surface area contributed by atoms with Gasteiger partial charge in [-0.25, -0.2) is 8.78 Å². The van der Waals surface area contributed by atoms with Gasteiger partial charge in [0, 0.05) is 44.9 Å². The number of carbonyl (C=O) groups excluding carboxylic acids is 1. The van der Waals surface area contributed by atoms with E-state index in [1.807, 2.05) is 16.8 Å². The first-order chi connectivity index (χ1) is 14.9. The lowest BCUT2D eigenvalue weighted by Crippen LogP contribution is -2.50. The van der Waals surface area contributed by atoms with Crippen molar-refractivity contribution in [1.29, 1.82) is 0 Å². The standard InChI is InChI=1S/C21H23F2N5O3/c1-26-5-2-13-17(26)24-20(25-18(13)30)27-6-3-21(4-7-27)16-14(23)10-12(22)11-15(16)28(8-9-29)19(21)31/h10-11,29H,2-9H2,1H3,(H,24,25,30). The van der Waals surface area contributed by atoms with Crippen molar-refractivity contribution >= 4 is 23.4 Å². The van der Waals surface area contributed by atoms with Gasteiger partial charge in [-0.1, -0.05) is 0 Å². The van der Waals surface area contributed by atoms with E-state index >= 15 is 0 Å². The van der Waals surface area contributed by atoms with Crippen LogP contribution in [0.25, 0.3) is 0 Å². The number of halogens is 2. The van der Waals surface area contributed by atoms with Crippen LogP contribution in [0.2, 0.25) is 0 Å². The monoisotopic (exact) mass is 431 g/mol. The summed E-state index contributed by atoms with van der Waals surface area (Å²) < 4.78 is 28.8. The first kappa shape index (κ1) is 19.9. The van der Waals surface area contributed by atoms with E-state index in [9.17, 15) is 23.5 Å². The summed E-state index contributed by atoms with van der Waals surface area (Å²) in [6.45, 7) is 1.16. The molecule has 3 aliphatic rings. The predicted octanol–water partition coefficient (Wildman–Crippen LogP) is 0.917. The number of H-pyrrole nitrogens is 1. The molecule has 1 fully saturated rings. The van der Waals surface area contributed by atoms with Crippen molar-refractivity contribution in [3.05, 3.63) is 45.2 Å². The highest BCUT2D eigenvalue weighted by atomic mass is 19.1. The van der Waals surface area contributed by atoms with E-state index in [0.29, 0.717) is 49.7 Å². The maximum atomic E-state index is 14.9. The summed E-state index contributed by atoms with van der Waals surface area (Å²) in [7, 11) is 1.89. The maximum absolute atomic E-state index is 14.9. The number of rotatable bonds is 3. The van der Waals surface area contributed by atoms with Gasteiger partial charge >= 0.3 is 0 Å². The van der Waals surface area contributed by atoms with Gasteiger partial charge < -0.3 is 19.8 Å². The van der Waals surface area contributed by atoms with Crippen molar-refractivity contribution in [2.24, 2.45) is 0 Å². The molecule has 3 aliphatic heterocycles. The average molecular weight is 431 g/mol. The fourth-order valence-electron chi connectivity index (χ4n) is 5.16. The van der Waals surface area contributed by atoms with Crippen LogP contribution >= 0.6 is 0 Å². The van der Waals surface area contributed by atoms with Crippen LogP contribution < -0.4 is 20.3 Å². The third-order valence-corrected chi connectivity index (χ3v) is 6.74. The molecule has 2 aromatic rings. The number of aromatic amines is 1. The Morgan fingerprint density at radius 1 is 1.19 bits per heavy atom. The molecule has 0 atom stereocenters. The number of nitrogens with zero attached hydrogens (tertiary/aromatic N) is 4. The Kier molecular flexibility index (Phi) is 4.51. The molecule has 1 amide bonds. The second-order valence-electron chi connectivity index (χ2n) is 8.39. The smallest absolute Gasteiger partial charge is 0.257 e. The summed E-state index contributed by atoms with van der Waals surface area (Å²) in [6.07, 6.45) is 1.24. The van der Waals surface area contributed by atoms with Gasteiger partial charge in [0.05, 0.1) is 23.3 Å². The number of hydrogen-bond acceptors (Lipinski definition) is 6. The number of piperidine rings is 1. The molecule has 1 aromatic carbocycles. The molecule has 0 bridgehead atoms. The SMILES string of the molecule is CN1CCc2c1nc(N1CCC3(CC1)C(=O)N(CCO)c1cc(F)cc(F)c13)[nH]c2=O. The minimum atomic E-state index is -1.12. The summed E-state index contributed by atoms with van der Waals surface area (Å²) >= 11 is 0. The van der Waals surface area contributed by atoms with Crippen molar-refractivity contribution in [3.63, 3.8) is 0 Å². The lowest BCUT2D eigenvalue weighted by atomic mass is 9.73. The predicted molar refractivity (Wildman–Crippen MR) is 111 cm³/mol. The van der Waals surface area contributed by atoms with E-state index in [0.717, 1.165) is 18.7 Å². The third-order valence-electron chi connectivity index (χ3n) is 6.74. The third kappa shape index (κ3) is 2.84.